The Bertz CT molecular complexity index is 853. The van der Waals surface area contributed by atoms with Crippen LogP contribution in [0, 0.1) is 0 Å². The standard InChI is InChI=1S/C25H32N2O3/c1-4-5-8-20-11-13-21(14-12-20)15-24(28)26-23-10-7-6-9-22(23)25(29)27-16-18(2)30-19(3)17-27/h6-7,9-14,18-19H,4-5,8,15-17H2,1-3H3,(H,26,28)/t18-,19-/m0/s1. The lowest BCUT2D eigenvalue weighted by Crippen LogP contribution is -2.48. The number of anilines is 1. The number of carbonyl (C=O) groups excluding carboxylic acids is 2. The Morgan fingerprint density at radius 3 is 2.30 bits per heavy atom. The van der Waals surface area contributed by atoms with Gasteiger partial charge in [0, 0.05) is 13.1 Å². The first-order chi connectivity index (χ1) is 14.5. The number of nitrogens with zero attached hydrogens (tertiary/aromatic N) is 1. The highest BCUT2D eigenvalue weighted by Crippen LogP contribution is 2.21. The zero-order chi connectivity index (χ0) is 21.5. The SMILES string of the molecule is CCCCc1ccc(CC(=O)Nc2ccccc2C(=O)N2C[C@H](C)O[C@@H](C)C2)cc1. The average molecular weight is 409 g/mol. The number of ether oxygens (including phenoxy) is 1. The second-order valence-electron chi connectivity index (χ2n) is 8.16. The molecule has 5 heteroatoms. The zero-order valence-corrected chi connectivity index (χ0v) is 18.2. The van der Waals surface area contributed by atoms with Crippen molar-refractivity contribution in [2.24, 2.45) is 0 Å². The second-order valence-corrected chi connectivity index (χ2v) is 8.16. The molecule has 2 aromatic rings. The minimum absolute atomic E-state index is 0.000230. The number of benzene rings is 2. The van der Waals surface area contributed by atoms with E-state index in [9.17, 15) is 9.59 Å². The molecule has 2 amide bonds. The van der Waals surface area contributed by atoms with E-state index in [2.05, 4.69) is 24.4 Å². The highest BCUT2D eigenvalue weighted by molar-refractivity contribution is 6.04. The molecular weight excluding hydrogens is 376 g/mol. The molecule has 1 aliphatic heterocycles. The monoisotopic (exact) mass is 408 g/mol. The number of unbranched alkanes of at least 4 members (excludes halogenated alkanes) is 1. The summed E-state index contributed by atoms with van der Waals surface area (Å²) in [4.78, 5) is 27.5. The predicted molar refractivity (Wildman–Crippen MR) is 120 cm³/mol. The molecule has 1 fully saturated rings. The van der Waals surface area contributed by atoms with Crippen LogP contribution in [0.15, 0.2) is 48.5 Å². The van der Waals surface area contributed by atoms with Crippen LogP contribution in [0.2, 0.25) is 0 Å². The zero-order valence-electron chi connectivity index (χ0n) is 18.2. The molecule has 0 spiro atoms. The van der Waals surface area contributed by atoms with Gasteiger partial charge in [-0.2, -0.15) is 0 Å². The maximum Gasteiger partial charge on any atom is 0.256 e. The normalized spacial score (nSPS) is 18.8. The Morgan fingerprint density at radius 2 is 1.63 bits per heavy atom. The van der Waals surface area contributed by atoms with Crippen LogP contribution in [0.5, 0.6) is 0 Å². The third-order valence-electron chi connectivity index (χ3n) is 5.35. The Labute approximate surface area is 179 Å². The summed E-state index contributed by atoms with van der Waals surface area (Å²) < 4.78 is 5.73. The lowest BCUT2D eigenvalue weighted by atomic mass is 10.0. The fourth-order valence-corrected chi connectivity index (χ4v) is 3.88. The highest BCUT2D eigenvalue weighted by Gasteiger charge is 2.28. The van der Waals surface area contributed by atoms with Crippen LogP contribution in [-0.2, 0) is 22.4 Å². The van der Waals surface area contributed by atoms with Crippen LogP contribution in [0.4, 0.5) is 5.69 Å². The van der Waals surface area contributed by atoms with Crippen molar-refractivity contribution in [3.63, 3.8) is 0 Å². The van der Waals surface area contributed by atoms with Crippen LogP contribution in [0.25, 0.3) is 0 Å². The molecule has 0 aliphatic carbocycles. The maximum absolute atomic E-state index is 13.1. The number of hydrogen-bond acceptors (Lipinski definition) is 3. The summed E-state index contributed by atoms with van der Waals surface area (Å²) in [6.45, 7) is 7.22. The van der Waals surface area contributed by atoms with Crippen molar-refractivity contribution < 1.29 is 14.3 Å². The molecule has 5 nitrogen and oxygen atoms in total. The van der Waals surface area contributed by atoms with E-state index in [1.54, 1.807) is 17.0 Å². The van der Waals surface area contributed by atoms with Crippen LogP contribution in [0.1, 0.15) is 55.1 Å². The first-order valence-electron chi connectivity index (χ1n) is 10.9. The third kappa shape index (κ3) is 5.92. The topological polar surface area (TPSA) is 58.6 Å². The molecule has 0 unspecified atom stereocenters. The molecule has 3 rings (SSSR count). The fraction of sp³-hybridized carbons (Fsp3) is 0.440. The number of morpholine rings is 1. The molecule has 0 bridgehead atoms. The molecule has 160 valence electrons. The summed E-state index contributed by atoms with van der Waals surface area (Å²) >= 11 is 0. The van der Waals surface area contributed by atoms with Crippen molar-refractivity contribution in [1.82, 2.24) is 4.90 Å². The van der Waals surface area contributed by atoms with E-state index in [0.717, 1.165) is 12.0 Å². The summed E-state index contributed by atoms with van der Waals surface area (Å²) in [5.74, 6) is -0.201. The fourth-order valence-electron chi connectivity index (χ4n) is 3.88. The second kappa shape index (κ2) is 10.4. The summed E-state index contributed by atoms with van der Waals surface area (Å²) in [6.07, 6.45) is 3.69. The predicted octanol–water partition coefficient (Wildman–Crippen LogP) is 4.46. The largest absolute Gasteiger partial charge is 0.372 e. The number of carbonyl (C=O) groups is 2. The smallest absolute Gasteiger partial charge is 0.256 e. The van der Waals surface area contributed by atoms with Crippen molar-refractivity contribution >= 4 is 17.5 Å². The molecule has 0 radical (unpaired) electrons. The highest BCUT2D eigenvalue weighted by atomic mass is 16.5. The van der Waals surface area contributed by atoms with Crippen LogP contribution in [0.3, 0.4) is 0 Å². The van der Waals surface area contributed by atoms with Gasteiger partial charge in [-0.25, -0.2) is 0 Å². The molecular formula is C25H32N2O3. The third-order valence-corrected chi connectivity index (χ3v) is 5.35. The minimum Gasteiger partial charge on any atom is -0.372 e. The van der Waals surface area contributed by atoms with Crippen molar-refractivity contribution in [3.05, 3.63) is 65.2 Å². The Hall–Kier alpha value is -2.66. The molecule has 1 aliphatic rings. The summed E-state index contributed by atoms with van der Waals surface area (Å²) in [5, 5.41) is 2.93. The Balaban J connectivity index is 1.65. The average Bonchev–Trinajstić information content (AvgIpc) is 2.72. The van der Waals surface area contributed by atoms with Crippen LogP contribution < -0.4 is 5.32 Å². The van der Waals surface area contributed by atoms with E-state index in [4.69, 9.17) is 4.74 Å². The van der Waals surface area contributed by atoms with Gasteiger partial charge in [-0.15, -0.1) is 0 Å². The van der Waals surface area contributed by atoms with Gasteiger partial charge >= 0.3 is 0 Å². The van der Waals surface area contributed by atoms with E-state index in [-0.39, 0.29) is 30.4 Å². The summed E-state index contributed by atoms with van der Waals surface area (Å²) in [7, 11) is 0. The van der Waals surface area contributed by atoms with Crippen molar-refractivity contribution in [3.8, 4) is 0 Å². The first-order valence-corrected chi connectivity index (χ1v) is 10.9. The van der Waals surface area contributed by atoms with E-state index in [1.807, 2.05) is 38.1 Å². The molecule has 1 saturated heterocycles. The van der Waals surface area contributed by atoms with E-state index < -0.39 is 0 Å². The number of rotatable bonds is 7. The molecule has 2 aromatic carbocycles. The van der Waals surface area contributed by atoms with Gasteiger partial charge in [0.25, 0.3) is 5.91 Å². The molecule has 0 aromatic heterocycles. The number of nitrogens with one attached hydrogen (secondary N) is 1. The maximum atomic E-state index is 13.1. The van der Waals surface area contributed by atoms with Crippen LogP contribution >= 0.6 is 0 Å². The molecule has 2 atom stereocenters. The van der Waals surface area contributed by atoms with Gasteiger partial charge < -0.3 is 15.0 Å². The summed E-state index contributed by atoms with van der Waals surface area (Å²) in [6, 6.07) is 15.4. The van der Waals surface area contributed by atoms with Gasteiger partial charge in [-0.05, 0) is 49.9 Å². The quantitative estimate of drug-likeness (QED) is 0.736. The molecule has 1 N–H and O–H groups in total. The van der Waals surface area contributed by atoms with Gasteiger partial charge in [-0.3, -0.25) is 9.59 Å². The lowest BCUT2D eigenvalue weighted by molar-refractivity contribution is -0.115. The number of hydrogen-bond donors (Lipinski definition) is 1. The van der Waals surface area contributed by atoms with Gasteiger partial charge in [0.05, 0.1) is 29.9 Å². The Morgan fingerprint density at radius 1 is 1.00 bits per heavy atom. The van der Waals surface area contributed by atoms with Gasteiger partial charge in [0.15, 0.2) is 0 Å². The molecule has 30 heavy (non-hydrogen) atoms. The van der Waals surface area contributed by atoms with E-state index in [1.165, 1.54) is 18.4 Å². The Kier molecular flexibility index (Phi) is 7.63. The van der Waals surface area contributed by atoms with Crippen molar-refractivity contribution in [1.29, 1.82) is 0 Å². The van der Waals surface area contributed by atoms with Gasteiger partial charge in [0.1, 0.15) is 0 Å². The number of amides is 2. The van der Waals surface area contributed by atoms with Gasteiger partial charge in [0.2, 0.25) is 5.91 Å². The number of para-hydroxylation sites is 1. The molecule has 0 saturated carbocycles. The van der Waals surface area contributed by atoms with E-state index >= 15 is 0 Å². The van der Waals surface area contributed by atoms with Crippen LogP contribution in [-0.4, -0.2) is 42.0 Å². The van der Waals surface area contributed by atoms with Gasteiger partial charge in [-0.1, -0.05) is 49.7 Å². The number of aryl methyl sites for hydroxylation is 1. The lowest BCUT2D eigenvalue weighted by Gasteiger charge is -2.35. The van der Waals surface area contributed by atoms with Crippen molar-refractivity contribution in [2.75, 3.05) is 18.4 Å². The van der Waals surface area contributed by atoms with E-state index in [0.29, 0.717) is 24.3 Å². The first kappa shape index (κ1) is 22.0. The minimum atomic E-state index is -0.125. The molecule has 1 heterocycles. The summed E-state index contributed by atoms with van der Waals surface area (Å²) in [5.41, 5.74) is 3.33. The van der Waals surface area contributed by atoms with Crippen molar-refractivity contribution in [2.45, 2.75) is 58.7 Å².